The lowest BCUT2D eigenvalue weighted by atomic mass is 9.85. The molecule has 5 rings (SSSR count). The third kappa shape index (κ3) is 7.18. The molecule has 3 amide bonds. The summed E-state index contributed by atoms with van der Waals surface area (Å²) in [6, 6.07) is 3.81. The summed E-state index contributed by atoms with van der Waals surface area (Å²) in [7, 11) is 0. The number of carbonyl (C=O) groups is 3. The molecule has 12 heteroatoms. The van der Waals surface area contributed by atoms with Crippen LogP contribution in [-0.2, 0) is 20.9 Å². The number of nitrogens with zero attached hydrogens (tertiary/aromatic N) is 2. The van der Waals surface area contributed by atoms with Crippen molar-refractivity contribution in [1.29, 1.82) is 0 Å². The smallest absolute Gasteiger partial charge is 0.258 e. The molecule has 3 atom stereocenters. The van der Waals surface area contributed by atoms with Gasteiger partial charge in [-0.15, -0.1) is 11.3 Å². The molecule has 4 N–H and O–H groups in total. The molecule has 2 saturated heterocycles. The topological polar surface area (TPSA) is 133 Å². The number of hydrogen-bond acceptors (Lipinski definition) is 8. The maximum atomic E-state index is 14.5. The minimum absolute atomic E-state index is 0.0497. The standard InChI is InChI=1S/C31H42FN5O5S/c1-18-25(43-17-35-18)19-5-6-20(24(13-19)42-22-7-11-33-12-8-22)15-34-27(39)23-14-21(38)16-37(23)28(40)26(30(2,3)4)36-29(41)31(32)9-10-31/h5-6,13,17,21-23,26,33,38H,7-12,14-16H2,1-4H3,(H,34,39)(H,36,41)/t21-,23+,26-/m1/s1/i/hD. The number of piperidine rings is 1. The summed E-state index contributed by atoms with van der Waals surface area (Å²) in [5.41, 5.74) is 1.72. The van der Waals surface area contributed by atoms with Gasteiger partial charge in [0, 0.05) is 25.1 Å². The number of nitrogens with one attached hydrogen (secondary N) is 3. The number of hydrogen-bond donors (Lipinski definition) is 4. The van der Waals surface area contributed by atoms with E-state index in [1.807, 2.05) is 25.1 Å². The number of alkyl halides is 1. The summed E-state index contributed by atoms with van der Waals surface area (Å²) in [6.45, 7) is 8.54. The van der Waals surface area contributed by atoms with Crippen LogP contribution in [0.3, 0.4) is 0 Å². The van der Waals surface area contributed by atoms with E-state index >= 15 is 0 Å². The van der Waals surface area contributed by atoms with E-state index in [9.17, 15) is 23.9 Å². The van der Waals surface area contributed by atoms with Crippen LogP contribution in [0.15, 0.2) is 23.7 Å². The number of aliphatic hydroxyl groups is 1. The quantitative estimate of drug-likeness (QED) is 0.341. The van der Waals surface area contributed by atoms with Crippen molar-refractivity contribution >= 4 is 29.1 Å². The fourth-order valence-corrected chi connectivity index (χ4v) is 6.37. The van der Waals surface area contributed by atoms with Crippen LogP contribution >= 0.6 is 11.3 Å². The van der Waals surface area contributed by atoms with Crippen molar-refractivity contribution in [2.24, 2.45) is 5.41 Å². The minimum atomic E-state index is -1.95. The van der Waals surface area contributed by atoms with Crippen LogP contribution < -0.4 is 20.7 Å². The minimum Gasteiger partial charge on any atom is -0.490 e. The molecule has 1 aromatic carbocycles. The number of aryl methyl sites for hydroxylation is 1. The van der Waals surface area contributed by atoms with Crippen molar-refractivity contribution in [3.63, 3.8) is 0 Å². The molecule has 43 heavy (non-hydrogen) atoms. The Hall–Kier alpha value is -3.09. The van der Waals surface area contributed by atoms with Gasteiger partial charge >= 0.3 is 0 Å². The molecule has 0 radical (unpaired) electrons. The zero-order valence-electron chi connectivity index (χ0n) is 26.2. The summed E-state index contributed by atoms with van der Waals surface area (Å²) < 4.78 is 28.8. The monoisotopic (exact) mass is 616 g/mol. The van der Waals surface area contributed by atoms with Gasteiger partial charge in [0.25, 0.3) is 5.91 Å². The van der Waals surface area contributed by atoms with Gasteiger partial charge < -0.3 is 30.7 Å². The number of halogens is 1. The van der Waals surface area contributed by atoms with Gasteiger partial charge in [-0.1, -0.05) is 32.9 Å². The molecule has 3 aliphatic rings. The number of likely N-dealkylation sites (tertiary alicyclic amines) is 1. The zero-order valence-corrected chi connectivity index (χ0v) is 26.0. The van der Waals surface area contributed by atoms with Gasteiger partial charge in [-0.3, -0.25) is 14.4 Å². The summed E-state index contributed by atoms with van der Waals surface area (Å²) >= 11 is 1.54. The molecular formula is C31H42FN5O5S. The highest BCUT2D eigenvalue weighted by atomic mass is 32.1. The first kappa shape index (κ1) is 30.0. The Kier molecular flexibility index (Phi) is 8.70. The molecule has 10 nitrogen and oxygen atoms in total. The van der Waals surface area contributed by atoms with Crippen LogP contribution in [0.5, 0.6) is 5.75 Å². The van der Waals surface area contributed by atoms with Crippen LogP contribution in [0.4, 0.5) is 4.39 Å². The number of amides is 3. The van der Waals surface area contributed by atoms with Crippen molar-refractivity contribution in [3.8, 4) is 16.2 Å². The number of benzene rings is 1. The van der Waals surface area contributed by atoms with E-state index in [0.29, 0.717) is 31.7 Å². The highest BCUT2D eigenvalue weighted by molar-refractivity contribution is 7.13. The number of β-amino-alcohol motifs (C(OH)–C–C–N with tert-alkyl or cyclic N) is 1. The number of aromatic nitrogens is 1. The normalized spacial score (nSPS) is 23.4. The van der Waals surface area contributed by atoms with Gasteiger partial charge in [-0.25, -0.2) is 9.37 Å². The largest absolute Gasteiger partial charge is 0.490 e. The zero-order chi connectivity index (χ0) is 31.8. The van der Waals surface area contributed by atoms with E-state index in [4.69, 9.17) is 6.15 Å². The predicted molar refractivity (Wildman–Crippen MR) is 161 cm³/mol. The van der Waals surface area contributed by atoms with Gasteiger partial charge in [-0.2, -0.15) is 0 Å². The van der Waals surface area contributed by atoms with Crippen LogP contribution in [0.2, 0.25) is 1.41 Å². The van der Waals surface area contributed by atoms with E-state index in [-0.39, 0.29) is 38.5 Å². The fraction of sp³-hybridized carbons (Fsp3) is 0.613. The molecule has 234 valence electrons. The maximum Gasteiger partial charge on any atom is 0.258 e. The first-order valence-corrected chi connectivity index (χ1v) is 15.8. The second kappa shape index (κ2) is 12.5. The average Bonchev–Trinajstić information content (AvgIpc) is 3.38. The summed E-state index contributed by atoms with van der Waals surface area (Å²) in [6.07, 6.45) is 0.745. The molecular weight excluding hydrogens is 573 g/mol. The van der Waals surface area contributed by atoms with Gasteiger partial charge in [-0.05, 0) is 62.7 Å². The number of thiazole rings is 1. The van der Waals surface area contributed by atoms with E-state index in [0.717, 1.165) is 21.7 Å². The Morgan fingerprint density at radius 3 is 2.65 bits per heavy atom. The van der Waals surface area contributed by atoms with Crippen LogP contribution in [-0.4, -0.2) is 82.3 Å². The fourth-order valence-electron chi connectivity index (χ4n) is 5.57. The average molecular weight is 617 g/mol. The van der Waals surface area contributed by atoms with Crippen molar-refractivity contribution in [2.45, 2.75) is 96.3 Å². The number of ether oxygens (including phenoxy) is 1. The summed E-state index contributed by atoms with van der Waals surface area (Å²) in [5, 5.41) is 17.5. The second-order valence-corrected chi connectivity index (χ2v) is 13.8. The maximum absolute atomic E-state index is 14.5. The Balaban J connectivity index is 1.31. The van der Waals surface area contributed by atoms with Crippen LogP contribution in [0.1, 0.15) is 64.1 Å². The van der Waals surface area contributed by atoms with Crippen LogP contribution in [0, 0.1) is 12.3 Å². The lowest BCUT2D eigenvalue weighted by molar-refractivity contribution is -0.145. The van der Waals surface area contributed by atoms with Crippen molar-refractivity contribution < 1.29 is 30.0 Å². The highest BCUT2D eigenvalue weighted by Gasteiger charge is 2.53. The van der Waals surface area contributed by atoms with E-state index in [2.05, 4.69) is 15.6 Å². The van der Waals surface area contributed by atoms with Gasteiger partial charge in [0.05, 0.1) is 22.2 Å². The SMILES string of the molecule is [2H]N1CCC(Oc2cc(-c3scnc3C)ccc2CNC(=O)[C@@H]2C[C@@H](O)CN2C(=O)[C@@H](NC(=O)C2(F)CC2)C(C)(C)C)CC1. The Morgan fingerprint density at radius 1 is 1.30 bits per heavy atom. The lowest BCUT2D eigenvalue weighted by Gasteiger charge is -2.35. The second-order valence-electron chi connectivity index (χ2n) is 12.9. The predicted octanol–water partition coefficient (Wildman–Crippen LogP) is 2.86. The summed E-state index contributed by atoms with van der Waals surface area (Å²) in [5.74, 6) is -1.15. The first-order valence-electron chi connectivity index (χ1n) is 15.4. The molecule has 3 heterocycles. The molecule has 0 spiro atoms. The number of rotatable bonds is 9. The summed E-state index contributed by atoms with van der Waals surface area (Å²) in [4.78, 5) is 46.5. The van der Waals surface area contributed by atoms with E-state index in [1.54, 1.807) is 26.3 Å². The van der Waals surface area contributed by atoms with E-state index in [1.165, 1.54) is 21.5 Å². The Morgan fingerprint density at radius 2 is 2.02 bits per heavy atom. The molecule has 0 bridgehead atoms. The first-order chi connectivity index (χ1) is 20.7. The molecule has 3 fully saturated rings. The van der Waals surface area contributed by atoms with Crippen molar-refractivity contribution in [3.05, 3.63) is 35.0 Å². The molecule has 1 aliphatic carbocycles. The van der Waals surface area contributed by atoms with Gasteiger partial charge in [0.2, 0.25) is 11.8 Å². The van der Waals surface area contributed by atoms with E-state index < -0.39 is 47.0 Å². The van der Waals surface area contributed by atoms with Crippen molar-refractivity contribution in [1.82, 2.24) is 25.8 Å². The number of aliphatic hydroxyl groups excluding tert-OH is 1. The molecule has 0 unspecified atom stereocenters. The third-order valence-electron chi connectivity index (χ3n) is 8.39. The Bertz CT molecular complexity index is 1390. The van der Waals surface area contributed by atoms with Gasteiger partial charge in [0.15, 0.2) is 5.67 Å². The van der Waals surface area contributed by atoms with Crippen molar-refractivity contribution in [2.75, 3.05) is 19.6 Å². The third-order valence-corrected chi connectivity index (χ3v) is 9.37. The molecule has 2 aromatic rings. The highest BCUT2D eigenvalue weighted by Crippen LogP contribution is 2.40. The van der Waals surface area contributed by atoms with Gasteiger partial charge in [0.1, 0.15) is 25.3 Å². The molecule has 1 saturated carbocycles. The van der Waals surface area contributed by atoms with Crippen LogP contribution in [0.25, 0.3) is 10.4 Å². The lowest BCUT2D eigenvalue weighted by Crippen LogP contribution is -2.59. The molecule has 2 aliphatic heterocycles. The Labute approximate surface area is 257 Å². The molecule has 1 aromatic heterocycles. The number of carbonyl (C=O) groups excluding carboxylic acids is 3.